The van der Waals surface area contributed by atoms with Crippen molar-refractivity contribution >= 4 is 21.6 Å². The molecule has 40 heavy (non-hydrogen) atoms. The lowest BCUT2D eigenvalue weighted by Crippen LogP contribution is -2.34. The molecule has 3 aromatic heterocycles. The number of halogens is 1. The average Bonchev–Trinajstić information content (AvgIpc) is 3.74. The number of hydrogen-bond donors (Lipinski definition) is 3. The number of benzene rings is 1. The molecule has 0 atom stereocenters. The first-order valence-electron chi connectivity index (χ1n) is 13.3. The van der Waals surface area contributed by atoms with Gasteiger partial charge < -0.3 is 20.8 Å². The van der Waals surface area contributed by atoms with E-state index in [1.807, 2.05) is 0 Å². The zero-order chi connectivity index (χ0) is 27.9. The molecule has 6 rings (SSSR count). The fraction of sp³-hybridized carbons (Fsp3) is 0.357. The van der Waals surface area contributed by atoms with Crippen molar-refractivity contribution in [3.63, 3.8) is 0 Å². The molecule has 0 saturated heterocycles. The molecular formula is C28H30FN7O3S. The van der Waals surface area contributed by atoms with E-state index in [-0.39, 0.29) is 28.2 Å². The Morgan fingerprint density at radius 3 is 2.35 bits per heavy atom. The van der Waals surface area contributed by atoms with E-state index >= 15 is 0 Å². The number of anilines is 2. The van der Waals surface area contributed by atoms with Gasteiger partial charge in [0.1, 0.15) is 17.3 Å². The van der Waals surface area contributed by atoms with E-state index in [2.05, 4.69) is 20.3 Å². The number of nitrogens with one attached hydrogen (secondary N) is 2. The second kappa shape index (κ2) is 10.5. The molecule has 0 aliphatic heterocycles. The maximum absolute atomic E-state index is 13.6. The zero-order valence-electron chi connectivity index (χ0n) is 22.0. The number of aromatic nitrogens is 5. The van der Waals surface area contributed by atoms with E-state index in [4.69, 9.17) is 20.4 Å². The lowest BCUT2D eigenvalue weighted by molar-refractivity contribution is 0.415. The molecule has 2 fully saturated rings. The Kier molecular flexibility index (Phi) is 6.87. The molecule has 4 aromatic rings. The predicted molar refractivity (Wildman–Crippen MR) is 151 cm³/mol. The maximum Gasteiger partial charge on any atom is 0.223 e. The summed E-state index contributed by atoms with van der Waals surface area (Å²) in [6.07, 6.45) is 7.66. The van der Waals surface area contributed by atoms with E-state index < -0.39 is 9.84 Å². The summed E-state index contributed by atoms with van der Waals surface area (Å²) in [5.74, 6) is 1.32. The van der Waals surface area contributed by atoms with Crippen LogP contribution in [0.15, 0.2) is 48.8 Å². The average molecular weight is 564 g/mol. The van der Waals surface area contributed by atoms with Gasteiger partial charge >= 0.3 is 0 Å². The Bertz CT molecular complexity index is 1630. The number of H-pyrrole nitrogens is 1. The van der Waals surface area contributed by atoms with Crippen LogP contribution in [0.5, 0.6) is 5.75 Å². The number of nitrogens with zero attached hydrogens (tertiary/aromatic N) is 4. The van der Waals surface area contributed by atoms with Crippen LogP contribution in [-0.2, 0) is 9.84 Å². The molecule has 10 nitrogen and oxygen atoms in total. The highest BCUT2D eigenvalue weighted by atomic mass is 32.2. The SMILES string of the molecule is COc1cc(-c2[nH]c(-c3ccc(F)cc3)nc2-c2ccnc(NC3CCC(S(=O)(=O)C4CC4)CC3)n2)cnc1N. The minimum Gasteiger partial charge on any atom is -0.493 e. The summed E-state index contributed by atoms with van der Waals surface area (Å²) in [6.45, 7) is 0. The number of nitrogen functional groups attached to an aromatic ring is 1. The Morgan fingerprint density at radius 2 is 1.68 bits per heavy atom. The first-order valence-corrected chi connectivity index (χ1v) is 14.9. The summed E-state index contributed by atoms with van der Waals surface area (Å²) in [7, 11) is -1.48. The number of rotatable bonds is 8. The van der Waals surface area contributed by atoms with Gasteiger partial charge in [-0.3, -0.25) is 0 Å². The minimum atomic E-state index is -3.00. The lowest BCUT2D eigenvalue weighted by Gasteiger charge is -2.29. The molecule has 208 valence electrons. The molecule has 2 aliphatic carbocycles. The van der Waals surface area contributed by atoms with Gasteiger partial charge in [-0.1, -0.05) is 0 Å². The molecule has 0 amide bonds. The highest BCUT2D eigenvalue weighted by Crippen LogP contribution is 2.37. The van der Waals surface area contributed by atoms with Gasteiger partial charge in [-0.2, -0.15) is 0 Å². The smallest absolute Gasteiger partial charge is 0.223 e. The summed E-state index contributed by atoms with van der Waals surface area (Å²) < 4.78 is 44.2. The highest BCUT2D eigenvalue weighted by molar-refractivity contribution is 7.92. The molecular weight excluding hydrogens is 533 g/mol. The molecule has 0 bridgehead atoms. The monoisotopic (exact) mass is 563 g/mol. The highest BCUT2D eigenvalue weighted by Gasteiger charge is 2.42. The standard InChI is InChI=1S/C28H30FN7O3S/c1-39-23-14-17(15-32-26(23)30)24-25(36-27(35-24)16-2-4-18(29)5-3-16)22-12-13-31-28(34-22)33-19-6-8-20(9-7-19)40(37,38)21-10-11-21/h2-5,12-15,19-21H,6-11H2,1H3,(H2,30,32)(H,35,36)(H,31,33,34). The van der Waals surface area contributed by atoms with Gasteiger partial charge in [-0.05, 0) is 74.9 Å². The summed E-state index contributed by atoms with van der Waals surface area (Å²) >= 11 is 0. The fourth-order valence-corrected chi connectivity index (χ4v) is 7.48. The Morgan fingerprint density at radius 1 is 0.975 bits per heavy atom. The normalized spacial score (nSPS) is 19.4. The van der Waals surface area contributed by atoms with Crippen LogP contribution in [0.3, 0.4) is 0 Å². The second-order valence-electron chi connectivity index (χ2n) is 10.3. The largest absolute Gasteiger partial charge is 0.493 e. The maximum atomic E-state index is 13.6. The number of hydrogen-bond acceptors (Lipinski definition) is 9. The summed E-state index contributed by atoms with van der Waals surface area (Å²) in [4.78, 5) is 21.6. The van der Waals surface area contributed by atoms with Crippen LogP contribution >= 0.6 is 0 Å². The molecule has 12 heteroatoms. The van der Waals surface area contributed by atoms with Crippen molar-refractivity contribution in [2.75, 3.05) is 18.2 Å². The van der Waals surface area contributed by atoms with Gasteiger partial charge in [0.2, 0.25) is 5.95 Å². The van der Waals surface area contributed by atoms with E-state index in [0.717, 1.165) is 25.7 Å². The van der Waals surface area contributed by atoms with Crippen LogP contribution in [0.1, 0.15) is 38.5 Å². The molecule has 0 spiro atoms. The van der Waals surface area contributed by atoms with Crippen molar-refractivity contribution in [2.24, 2.45) is 0 Å². The van der Waals surface area contributed by atoms with Gasteiger partial charge in [-0.25, -0.2) is 32.7 Å². The van der Waals surface area contributed by atoms with Crippen molar-refractivity contribution in [1.29, 1.82) is 0 Å². The van der Waals surface area contributed by atoms with Crippen LogP contribution in [0.2, 0.25) is 0 Å². The van der Waals surface area contributed by atoms with Crippen molar-refractivity contribution in [3.05, 3.63) is 54.6 Å². The van der Waals surface area contributed by atoms with Crippen molar-refractivity contribution < 1.29 is 17.5 Å². The second-order valence-corrected chi connectivity index (χ2v) is 12.8. The van der Waals surface area contributed by atoms with Gasteiger partial charge in [-0.15, -0.1) is 0 Å². The number of sulfone groups is 1. The quantitative estimate of drug-likeness (QED) is 0.279. The van der Waals surface area contributed by atoms with E-state index in [1.165, 1.54) is 19.2 Å². The Balaban J connectivity index is 1.29. The molecule has 1 aromatic carbocycles. The molecule has 2 saturated carbocycles. The number of nitrogens with two attached hydrogens (primary N) is 1. The zero-order valence-corrected chi connectivity index (χ0v) is 22.8. The topological polar surface area (TPSA) is 149 Å². The van der Waals surface area contributed by atoms with E-state index in [9.17, 15) is 12.8 Å². The Labute approximate surface area is 231 Å². The lowest BCUT2D eigenvalue weighted by atomic mass is 9.95. The first kappa shape index (κ1) is 26.2. The third-order valence-electron chi connectivity index (χ3n) is 7.57. The van der Waals surface area contributed by atoms with E-state index in [1.54, 1.807) is 36.7 Å². The van der Waals surface area contributed by atoms with Crippen molar-refractivity contribution in [2.45, 2.75) is 55.1 Å². The first-order chi connectivity index (χ1) is 19.3. The third-order valence-corrected chi connectivity index (χ3v) is 10.4. The van der Waals surface area contributed by atoms with Gasteiger partial charge in [0.05, 0.1) is 29.0 Å². The summed E-state index contributed by atoms with van der Waals surface area (Å²) in [6, 6.07) is 9.67. The van der Waals surface area contributed by atoms with Crippen molar-refractivity contribution in [3.8, 4) is 39.8 Å². The number of methoxy groups -OCH3 is 1. The Hall–Kier alpha value is -4.06. The summed E-state index contributed by atoms with van der Waals surface area (Å²) in [5.41, 5.74) is 9.09. The fourth-order valence-electron chi connectivity index (χ4n) is 5.21. The summed E-state index contributed by atoms with van der Waals surface area (Å²) in [5, 5.41) is 3.02. The molecule has 2 aliphatic rings. The number of pyridine rings is 1. The third kappa shape index (κ3) is 5.23. The molecule has 4 N–H and O–H groups in total. The van der Waals surface area contributed by atoms with E-state index in [0.29, 0.717) is 58.6 Å². The van der Waals surface area contributed by atoms with Gasteiger partial charge in [0.25, 0.3) is 0 Å². The number of imidazole rings is 1. The number of aromatic amines is 1. The van der Waals surface area contributed by atoms with Crippen LogP contribution in [0.4, 0.5) is 16.2 Å². The van der Waals surface area contributed by atoms with Crippen LogP contribution in [-0.4, -0.2) is 57.0 Å². The molecule has 3 heterocycles. The molecule has 0 radical (unpaired) electrons. The van der Waals surface area contributed by atoms with Gasteiger partial charge in [0, 0.05) is 29.6 Å². The van der Waals surface area contributed by atoms with Crippen LogP contribution in [0.25, 0.3) is 34.0 Å². The van der Waals surface area contributed by atoms with Crippen LogP contribution in [0, 0.1) is 5.82 Å². The minimum absolute atomic E-state index is 0.0832. The predicted octanol–water partition coefficient (Wildman–Crippen LogP) is 4.63. The molecule has 0 unspecified atom stereocenters. The number of ether oxygens (including phenoxy) is 1. The van der Waals surface area contributed by atoms with Crippen LogP contribution < -0.4 is 15.8 Å². The van der Waals surface area contributed by atoms with Gasteiger partial charge in [0.15, 0.2) is 21.4 Å². The van der Waals surface area contributed by atoms with Crippen molar-refractivity contribution in [1.82, 2.24) is 24.9 Å².